The van der Waals surface area contributed by atoms with Gasteiger partial charge in [0.2, 0.25) is 0 Å². The third kappa shape index (κ3) is 2.80. The van der Waals surface area contributed by atoms with Crippen molar-refractivity contribution < 1.29 is 27.7 Å². The van der Waals surface area contributed by atoms with Gasteiger partial charge in [0.1, 0.15) is 4.90 Å². The number of nitrogens with one attached hydrogen (secondary N) is 1. The van der Waals surface area contributed by atoms with Crippen LogP contribution in [-0.2, 0) is 10.1 Å². The van der Waals surface area contributed by atoms with Gasteiger partial charge in [-0.05, 0) is 18.2 Å². The van der Waals surface area contributed by atoms with E-state index in [0.29, 0.717) is 0 Å². The van der Waals surface area contributed by atoms with Crippen molar-refractivity contribution in [2.24, 2.45) is 0 Å². The fraction of sp³-hybridized carbons (Fsp3) is 0.111. The van der Waals surface area contributed by atoms with Crippen molar-refractivity contribution in [3.05, 3.63) is 29.3 Å². The third-order valence-electron chi connectivity index (χ3n) is 1.98. The summed E-state index contributed by atoms with van der Waals surface area (Å²) in [4.78, 5) is 21.2. The Morgan fingerprint density at radius 1 is 1.29 bits per heavy atom. The first-order chi connectivity index (χ1) is 7.77. The van der Waals surface area contributed by atoms with Gasteiger partial charge in [-0.3, -0.25) is 9.35 Å². The molecule has 17 heavy (non-hydrogen) atoms. The smallest absolute Gasteiger partial charge is 0.335 e. The molecule has 0 fully saturated rings. The van der Waals surface area contributed by atoms with Crippen LogP contribution in [0.2, 0.25) is 0 Å². The molecule has 1 rings (SSSR count). The number of carbonyl (C=O) groups excluding carboxylic acids is 1. The van der Waals surface area contributed by atoms with Gasteiger partial charge in [-0.15, -0.1) is 0 Å². The molecule has 0 radical (unpaired) electrons. The number of benzene rings is 1. The van der Waals surface area contributed by atoms with Gasteiger partial charge in [-0.2, -0.15) is 8.42 Å². The second-order valence-corrected chi connectivity index (χ2v) is 4.46. The molecule has 1 aromatic carbocycles. The van der Waals surface area contributed by atoms with Crippen molar-refractivity contribution >= 4 is 22.0 Å². The minimum Gasteiger partial charge on any atom is -0.478 e. The zero-order valence-electron chi connectivity index (χ0n) is 8.67. The van der Waals surface area contributed by atoms with Gasteiger partial charge in [-0.25, -0.2) is 4.79 Å². The van der Waals surface area contributed by atoms with Gasteiger partial charge in [-0.1, -0.05) is 0 Å². The summed E-state index contributed by atoms with van der Waals surface area (Å²) in [6.07, 6.45) is 0. The van der Waals surface area contributed by atoms with Crippen LogP contribution in [0.25, 0.3) is 0 Å². The highest BCUT2D eigenvalue weighted by Crippen LogP contribution is 2.17. The number of rotatable bonds is 3. The molecule has 0 saturated heterocycles. The number of hydrogen-bond acceptors (Lipinski definition) is 4. The maximum Gasteiger partial charge on any atom is 0.335 e. The number of carboxylic acid groups (broad SMARTS) is 1. The number of hydrogen-bond donors (Lipinski definition) is 3. The van der Waals surface area contributed by atoms with Crippen LogP contribution in [0.5, 0.6) is 0 Å². The second kappa shape index (κ2) is 4.52. The number of carboxylic acids is 1. The number of carbonyl (C=O) groups is 2. The Kier molecular flexibility index (Phi) is 3.49. The molecule has 0 aliphatic heterocycles. The second-order valence-electron chi connectivity index (χ2n) is 3.07. The molecule has 8 heteroatoms. The first-order valence-corrected chi connectivity index (χ1v) is 5.78. The average Bonchev–Trinajstić information content (AvgIpc) is 2.26. The molecule has 0 unspecified atom stereocenters. The lowest BCUT2D eigenvalue weighted by Crippen LogP contribution is -2.21. The molecule has 0 aromatic heterocycles. The van der Waals surface area contributed by atoms with Crippen molar-refractivity contribution in [3.8, 4) is 0 Å². The SMILES string of the molecule is CNC(=O)c1ccc(C(=O)O)cc1S(=O)(=O)O. The predicted molar refractivity (Wildman–Crippen MR) is 56.6 cm³/mol. The Hall–Kier alpha value is -1.93. The van der Waals surface area contributed by atoms with Crippen molar-refractivity contribution in [3.63, 3.8) is 0 Å². The summed E-state index contributed by atoms with van der Waals surface area (Å²) in [6.45, 7) is 0. The Labute approximate surface area is 96.8 Å². The molecular formula is C9H9NO6S. The minimum absolute atomic E-state index is 0.319. The monoisotopic (exact) mass is 259 g/mol. The minimum atomic E-state index is -4.67. The Bertz CT molecular complexity index is 577. The van der Waals surface area contributed by atoms with Crippen LogP contribution in [0.4, 0.5) is 0 Å². The fourth-order valence-electron chi connectivity index (χ4n) is 1.19. The van der Waals surface area contributed by atoms with Crippen LogP contribution >= 0.6 is 0 Å². The molecule has 0 spiro atoms. The highest BCUT2D eigenvalue weighted by molar-refractivity contribution is 7.86. The van der Waals surface area contributed by atoms with Gasteiger partial charge in [0.15, 0.2) is 0 Å². The quantitative estimate of drug-likeness (QED) is 0.656. The zero-order valence-corrected chi connectivity index (χ0v) is 9.48. The van der Waals surface area contributed by atoms with E-state index in [1.54, 1.807) is 0 Å². The highest BCUT2D eigenvalue weighted by Gasteiger charge is 2.21. The summed E-state index contributed by atoms with van der Waals surface area (Å²) in [5, 5.41) is 10.9. The summed E-state index contributed by atoms with van der Waals surface area (Å²) in [7, 11) is -3.39. The molecule has 92 valence electrons. The van der Waals surface area contributed by atoms with Crippen LogP contribution in [0, 0.1) is 0 Å². The van der Waals surface area contributed by atoms with Crippen LogP contribution in [0.1, 0.15) is 20.7 Å². The molecule has 0 bridgehead atoms. The molecule has 1 amide bonds. The molecule has 1 aromatic rings. The van der Waals surface area contributed by atoms with Crippen molar-refractivity contribution in [2.75, 3.05) is 7.05 Å². The Balaban J connectivity index is 3.54. The first-order valence-electron chi connectivity index (χ1n) is 4.34. The van der Waals surface area contributed by atoms with Crippen molar-refractivity contribution in [1.29, 1.82) is 0 Å². The van der Waals surface area contributed by atoms with Crippen LogP contribution in [0.3, 0.4) is 0 Å². The van der Waals surface area contributed by atoms with Crippen molar-refractivity contribution in [2.45, 2.75) is 4.90 Å². The van der Waals surface area contributed by atoms with E-state index >= 15 is 0 Å². The lowest BCUT2D eigenvalue weighted by Gasteiger charge is -2.06. The zero-order chi connectivity index (χ0) is 13.2. The Morgan fingerprint density at radius 3 is 2.29 bits per heavy atom. The molecule has 0 heterocycles. The first kappa shape index (κ1) is 13.1. The lowest BCUT2D eigenvalue weighted by molar-refractivity contribution is 0.0696. The predicted octanol–water partition coefficient (Wildman–Crippen LogP) is -0.00890. The summed E-state index contributed by atoms with van der Waals surface area (Å²) < 4.78 is 31.0. The summed E-state index contributed by atoms with van der Waals surface area (Å²) >= 11 is 0. The Morgan fingerprint density at radius 2 is 1.88 bits per heavy atom. The molecule has 7 nitrogen and oxygen atoms in total. The van der Waals surface area contributed by atoms with Gasteiger partial charge in [0.25, 0.3) is 16.0 Å². The lowest BCUT2D eigenvalue weighted by atomic mass is 10.1. The largest absolute Gasteiger partial charge is 0.478 e. The van der Waals surface area contributed by atoms with Crippen LogP contribution < -0.4 is 5.32 Å². The number of amides is 1. The molecule has 0 saturated carbocycles. The standard InChI is InChI=1S/C9H9NO6S/c1-10-8(11)6-3-2-5(9(12)13)4-7(6)17(14,15)16/h2-4H,1H3,(H,10,11)(H,12,13)(H,14,15,16). The third-order valence-corrected chi connectivity index (χ3v) is 2.87. The van der Waals surface area contributed by atoms with E-state index in [0.717, 1.165) is 18.2 Å². The van der Waals surface area contributed by atoms with Gasteiger partial charge in [0.05, 0.1) is 11.1 Å². The normalized spacial score (nSPS) is 10.9. The van der Waals surface area contributed by atoms with E-state index in [4.69, 9.17) is 9.66 Å². The molecular weight excluding hydrogens is 250 g/mol. The van der Waals surface area contributed by atoms with E-state index in [1.165, 1.54) is 7.05 Å². The van der Waals surface area contributed by atoms with Gasteiger partial charge < -0.3 is 10.4 Å². The van der Waals surface area contributed by atoms with E-state index in [1.807, 2.05) is 0 Å². The average molecular weight is 259 g/mol. The maximum absolute atomic E-state index is 11.3. The van der Waals surface area contributed by atoms with E-state index < -0.39 is 26.9 Å². The highest BCUT2D eigenvalue weighted by atomic mass is 32.2. The van der Waals surface area contributed by atoms with Gasteiger partial charge >= 0.3 is 5.97 Å². The van der Waals surface area contributed by atoms with E-state index in [9.17, 15) is 18.0 Å². The molecule has 0 atom stereocenters. The van der Waals surface area contributed by atoms with E-state index in [2.05, 4.69) is 5.32 Å². The maximum atomic E-state index is 11.3. The fourth-order valence-corrected chi connectivity index (χ4v) is 1.91. The number of aromatic carboxylic acids is 1. The van der Waals surface area contributed by atoms with Gasteiger partial charge in [0, 0.05) is 7.05 Å². The van der Waals surface area contributed by atoms with Crippen molar-refractivity contribution in [1.82, 2.24) is 5.32 Å². The summed E-state index contributed by atoms with van der Waals surface area (Å²) in [5.74, 6) is -2.10. The summed E-state index contributed by atoms with van der Waals surface area (Å²) in [6, 6.07) is 2.81. The molecule has 3 N–H and O–H groups in total. The van der Waals surface area contributed by atoms with Crippen LogP contribution in [0.15, 0.2) is 23.1 Å². The molecule has 0 aliphatic rings. The summed E-state index contributed by atoms with van der Waals surface area (Å²) in [5.41, 5.74) is -0.662. The molecule has 0 aliphatic carbocycles. The van der Waals surface area contributed by atoms with Crippen LogP contribution in [-0.4, -0.2) is 37.0 Å². The topological polar surface area (TPSA) is 121 Å². The van der Waals surface area contributed by atoms with E-state index in [-0.39, 0.29) is 11.1 Å².